The molecule has 0 unspecified atom stereocenters. The Bertz CT molecular complexity index is 3120. The number of alkyl carbamates (subject to hydrolysis) is 2. The fourth-order valence-electron chi connectivity index (χ4n) is 10.2. The van der Waals surface area contributed by atoms with Crippen molar-refractivity contribution in [2.45, 2.75) is 118 Å². The third-order valence-electron chi connectivity index (χ3n) is 14.3. The van der Waals surface area contributed by atoms with Gasteiger partial charge in [0, 0.05) is 71.9 Å². The van der Waals surface area contributed by atoms with Crippen molar-refractivity contribution in [1.82, 2.24) is 10.6 Å². The van der Waals surface area contributed by atoms with Crippen LogP contribution in [-0.2, 0) is 52.4 Å². The topological polar surface area (TPSA) is 225 Å². The number of aliphatic hydroxyl groups excluding tert-OH is 1. The van der Waals surface area contributed by atoms with Crippen LogP contribution in [0.3, 0.4) is 0 Å². The number of Topliss-reactive ketones (excluding diaryl/α,β-unsaturated/α-hetero) is 1. The minimum Gasteiger partial charge on any atom is -0.506 e. The molecule has 0 saturated heterocycles. The van der Waals surface area contributed by atoms with Crippen molar-refractivity contribution in [2.75, 3.05) is 57.6 Å². The minimum absolute atomic E-state index is 0.0586. The van der Waals surface area contributed by atoms with Gasteiger partial charge in [0.05, 0.1) is 24.4 Å². The lowest BCUT2D eigenvalue weighted by Crippen LogP contribution is -2.53. The first kappa shape index (κ1) is 67.7. The standard InChI is InChI=1S/C68H82N4O14/c1-13-55(73)83-41-67(11,42-84-56(74)14-2)69-65(79)81-35-23-19-17-21-33-71(61-47(7)37-45(5)38-48(61)8)53-29-25-51(26-30-53)59-63(77)60(64(59)78)52-27-31-54(32-28-52)72(62-49(9)39-46(6)40-50(62)10)34-22-18-20-24-36-82-66(80)70-68(12,43-85-57(75)15-3)44-86-58(76)16-4/h13-16,25-32,37-40H,1-4,17-24,33-36,41-44H2,5-12H3,(H2-,69,70,77,78,79,80)/p+1. The molecule has 3 N–H and O–H groups in total. The summed E-state index contributed by atoms with van der Waals surface area (Å²) in [5, 5.41) is 16.9. The van der Waals surface area contributed by atoms with Crippen LogP contribution in [0.25, 0.3) is 5.57 Å². The van der Waals surface area contributed by atoms with Crippen LogP contribution in [0.4, 0.5) is 26.7 Å². The molecule has 3 aromatic carbocycles. The summed E-state index contributed by atoms with van der Waals surface area (Å²) in [5.74, 6) is -3.10. The van der Waals surface area contributed by atoms with Gasteiger partial charge in [-0.15, -0.1) is 0 Å². The van der Waals surface area contributed by atoms with Gasteiger partial charge in [0.15, 0.2) is 0 Å². The molecule has 0 spiro atoms. The van der Waals surface area contributed by atoms with Gasteiger partial charge >= 0.3 is 36.1 Å². The molecule has 18 heteroatoms. The molecule has 18 nitrogen and oxygen atoms in total. The lowest BCUT2D eigenvalue weighted by Gasteiger charge is -2.30. The molecule has 2 amide bonds. The molecule has 0 saturated carbocycles. The maximum Gasteiger partial charge on any atom is 0.407 e. The molecule has 2 aliphatic rings. The highest BCUT2D eigenvalue weighted by Gasteiger charge is 2.37. The molecular weight excluding hydrogens is 1100 g/mol. The second-order valence-corrected chi connectivity index (χ2v) is 22.0. The predicted octanol–water partition coefficient (Wildman–Crippen LogP) is 11.7. The number of hydrogen-bond donors (Lipinski definition) is 3. The van der Waals surface area contributed by atoms with Gasteiger partial charge < -0.3 is 49.1 Å². The van der Waals surface area contributed by atoms with E-state index in [1.807, 2.05) is 48.6 Å². The van der Waals surface area contributed by atoms with E-state index in [1.165, 1.54) is 0 Å². The van der Waals surface area contributed by atoms with Gasteiger partial charge in [-0.2, -0.15) is 4.58 Å². The van der Waals surface area contributed by atoms with Crippen LogP contribution in [0.2, 0.25) is 0 Å². The first-order chi connectivity index (χ1) is 40.9. The second-order valence-electron chi connectivity index (χ2n) is 22.0. The van der Waals surface area contributed by atoms with Gasteiger partial charge in [0.1, 0.15) is 49.8 Å². The number of ketones is 1. The van der Waals surface area contributed by atoms with E-state index in [2.05, 4.69) is 112 Å². The normalized spacial score (nSPS) is 12.8. The van der Waals surface area contributed by atoms with E-state index < -0.39 is 47.1 Å². The molecular formula is C68H83N4O14+. The number of nitrogens with zero attached hydrogens (tertiary/aromatic N) is 2. The molecule has 0 bridgehead atoms. The lowest BCUT2D eigenvalue weighted by atomic mass is 9.80. The van der Waals surface area contributed by atoms with E-state index in [9.17, 15) is 38.7 Å². The Balaban J connectivity index is 1.22. The highest BCUT2D eigenvalue weighted by Crippen LogP contribution is 2.41. The Hall–Kier alpha value is -9.06. The number of amides is 2. The maximum absolute atomic E-state index is 14.0. The number of esters is 4. The van der Waals surface area contributed by atoms with Crippen LogP contribution in [0.1, 0.15) is 104 Å². The number of anilines is 2. The quantitative estimate of drug-likeness (QED) is 0.0174. The van der Waals surface area contributed by atoms with Crippen molar-refractivity contribution < 1.29 is 71.7 Å². The molecule has 458 valence electrons. The molecule has 0 heterocycles. The van der Waals surface area contributed by atoms with E-state index >= 15 is 0 Å². The largest absolute Gasteiger partial charge is 0.506 e. The maximum atomic E-state index is 14.0. The molecule has 2 aliphatic carbocycles. The van der Waals surface area contributed by atoms with E-state index in [0.717, 1.165) is 119 Å². The van der Waals surface area contributed by atoms with E-state index in [1.54, 1.807) is 13.8 Å². The van der Waals surface area contributed by atoms with Crippen LogP contribution < -0.4 is 15.5 Å². The van der Waals surface area contributed by atoms with Crippen molar-refractivity contribution in [3.63, 3.8) is 0 Å². The summed E-state index contributed by atoms with van der Waals surface area (Å²) in [6.07, 6.45) is 16.2. The highest BCUT2D eigenvalue weighted by molar-refractivity contribution is 6.39. The average molecular weight is 1180 g/mol. The van der Waals surface area contributed by atoms with E-state index in [4.69, 9.17) is 28.4 Å². The summed E-state index contributed by atoms with van der Waals surface area (Å²) >= 11 is 0. The number of carbonyl (C=O) groups excluding carboxylic acids is 7. The number of benzene rings is 3. The van der Waals surface area contributed by atoms with Gasteiger partial charge in [0.25, 0.3) is 0 Å². The Morgan fingerprint density at radius 2 is 0.953 bits per heavy atom. The van der Waals surface area contributed by atoms with Gasteiger partial charge in [-0.3, -0.25) is 4.79 Å². The first-order valence-electron chi connectivity index (χ1n) is 28.8. The average Bonchev–Trinajstić information content (AvgIpc) is 0.859. The van der Waals surface area contributed by atoms with Gasteiger partial charge in [-0.1, -0.05) is 68.1 Å². The molecule has 0 fully saturated rings. The monoisotopic (exact) mass is 1180 g/mol. The summed E-state index contributed by atoms with van der Waals surface area (Å²) in [5.41, 5.74) is 10.0. The van der Waals surface area contributed by atoms with Crippen molar-refractivity contribution in [1.29, 1.82) is 0 Å². The number of aliphatic hydroxyl groups is 1. The van der Waals surface area contributed by atoms with Gasteiger partial charge in [-0.25, -0.2) is 28.8 Å². The number of carbonyl (C=O) groups is 7. The van der Waals surface area contributed by atoms with Gasteiger partial charge in [-0.05, 0) is 153 Å². The van der Waals surface area contributed by atoms with Gasteiger partial charge in [0.2, 0.25) is 17.2 Å². The summed E-state index contributed by atoms with van der Waals surface area (Å²) in [6, 6.07) is 16.3. The van der Waals surface area contributed by atoms with Crippen LogP contribution in [-0.4, -0.2) is 121 Å². The Morgan fingerprint density at radius 3 is 1.37 bits per heavy atom. The minimum atomic E-state index is -1.26. The zero-order valence-corrected chi connectivity index (χ0v) is 51.0. The molecule has 86 heavy (non-hydrogen) atoms. The fraction of sp³-hybridized carbons (Fsp3) is 0.382. The van der Waals surface area contributed by atoms with Crippen LogP contribution >= 0.6 is 0 Å². The summed E-state index contributed by atoms with van der Waals surface area (Å²) < 4.78 is 33.6. The molecule has 0 radical (unpaired) electrons. The number of allylic oxidation sites excluding steroid dienone is 7. The Morgan fingerprint density at radius 1 is 0.547 bits per heavy atom. The lowest BCUT2D eigenvalue weighted by molar-refractivity contribution is -0.440. The molecule has 0 atom stereocenters. The number of rotatable bonds is 32. The summed E-state index contributed by atoms with van der Waals surface area (Å²) in [6.45, 7) is 29.6. The summed E-state index contributed by atoms with van der Waals surface area (Å²) in [7, 11) is 0. The molecule has 5 rings (SSSR count). The van der Waals surface area contributed by atoms with Crippen LogP contribution in [0.15, 0.2) is 140 Å². The molecule has 0 aliphatic heterocycles. The van der Waals surface area contributed by atoms with Crippen molar-refractivity contribution in [2.24, 2.45) is 0 Å². The zero-order valence-electron chi connectivity index (χ0n) is 51.0. The van der Waals surface area contributed by atoms with Crippen molar-refractivity contribution in [3.05, 3.63) is 179 Å². The Kier molecular flexibility index (Phi) is 25.4. The number of hydrogen-bond acceptors (Lipinski definition) is 15. The Labute approximate surface area is 505 Å². The second kappa shape index (κ2) is 32.3. The smallest absolute Gasteiger partial charge is 0.407 e. The van der Waals surface area contributed by atoms with Crippen molar-refractivity contribution in [3.8, 4) is 0 Å². The highest BCUT2D eigenvalue weighted by atomic mass is 16.6. The first-order valence-corrected chi connectivity index (χ1v) is 28.8. The van der Waals surface area contributed by atoms with Crippen LogP contribution in [0.5, 0.6) is 0 Å². The molecule has 3 aromatic rings. The molecule has 0 aromatic heterocycles. The SMILES string of the molecule is C=CC(=O)OCC(C)(COC(=O)C=C)NC(=O)OCCCCCCN(c1ccc(C2=C(O)C(=C3C=CC(=[N+](CCCCCCOC(=O)NC(C)(COC(=O)C=C)COC(=O)C=C)c4c(C)cc(C)cc4C)C=C3)C2=O)cc1)c1c(C)cc(C)cc1C. The predicted molar refractivity (Wildman–Crippen MR) is 332 cm³/mol. The van der Waals surface area contributed by atoms with E-state index in [-0.39, 0.29) is 62.3 Å². The number of ether oxygens (including phenoxy) is 6. The third-order valence-corrected chi connectivity index (χ3v) is 14.3. The number of unbranched alkanes of at least 4 members (excludes halogenated alkanes) is 6. The fourth-order valence-corrected chi connectivity index (χ4v) is 10.2. The number of aryl methyl sites for hydroxylation is 6. The van der Waals surface area contributed by atoms with E-state index in [0.29, 0.717) is 37.1 Å². The third kappa shape index (κ3) is 19.5. The van der Waals surface area contributed by atoms with Crippen molar-refractivity contribution >= 4 is 70.2 Å². The van der Waals surface area contributed by atoms with Crippen LogP contribution in [0, 0.1) is 41.5 Å². The number of nitrogens with one attached hydrogen (secondary N) is 2. The zero-order chi connectivity index (χ0) is 63.1. The summed E-state index contributed by atoms with van der Waals surface area (Å²) in [4.78, 5) is 88.7.